The van der Waals surface area contributed by atoms with Crippen LogP contribution in [-0.4, -0.2) is 26.5 Å². The summed E-state index contributed by atoms with van der Waals surface area (Å²) in [6.45, 7) is 2.35. The van der Waals surface area contributed by atoms with Gasteiger partial charge in [-0.25, -0.2) is 9.97 Å². The van der Waals surface area contributed by atoms with Gasteiger partial charge in [0, 0.05) is 4.88 Å². The van der Waals surface area contributed by atoms with Crippen LogP contribution in [0.2, 0.25) is 0 Å². The summed E-state index contributed by atoms with van der Waals surface area (Å²) in [6, 6.07) is 14.4. The number of nitrogens with zero attached hydrogens (tertiary/aromatic N) is 4. The minimum absolute atomic E-state index is 0.125. The molecule has 0 aliphatic heterocycles. The van der Waals surface area contributed by atoms with Crippen LogP contribution in [0.25, 0.3) is 32.2 Å². The molecule has 2 N–H and O–H groups in total. The Bertz CT molecular complexity index is 1030. The standard InChI is InChI=1S/C18H15N5OS/c1-2-24-17-15-16(22-18(19)23-17)20-10-12(21-15)14-9-8-13(25-14)11-6-4-3-5-7-11/h3-10H,2H2,1H3,(H2,19,20,22,23). The number of ether oxygens (including phenoxy) is 1. The summed E-state index contributed by atoms with van der Waals surface area (Å²) >= 11 is 1.66. The van der Waals surface area contributed by atoms with E-state index in [0.717, 1.165) is 10.6 Å². The highest BCUT2D eigenvalue weighted by atomic mass is 32.1. The zero-order valence-corrected chi connectivity index (χ0v) is 14.3. The Morgan fingerprint density at radius 2 is 1.80 bits per heavy atom. The molecule has 3 heterocycles. The van der Waals surface area contributed by atoms with Gasteiger partial charge in [0.2, 0.25) is 11.8 Å². The molecule has 1 aromatic carbocycles. The van der Waals surface area contributed by atoms with Crippen molar-refractivity contribution in [2.75, 3.05) is 12.3 Å². The van der Waals surface area contributed by atoms with Crippen LogP contribution in [0.4, 0.5) is 5.95 Å². The minimum Gasteiger partial charge on any atom is -0.476 e. The Balaban J connectivity index is 1.78. The first-order valence-corrected chi connectivity index (χ1v) is 8.65. The molecule has 0 saturated carbocycles. The molecule has 0 fully saturated rings. The summed E-state index contributed by atoms with van der Waals surface area (Å²) < 4.78 is 5.54. The van der Waals surface area contributed by atoms with Crippen molar-refractivity contribution in [3.05, 3.63) is 48.7 Å². The first kappa shape index (κ1) is 15.5. The summed E-state index contributed by atoms with van der Waals surface area (Å²) in [7, 11) is 0. The van der Waals surface area contributed by atoms with Crippen LogP contribution in [-0.2, 0) is 0 Å². The van der Waals surface area contributed by atoms with E-state index in [2.05, 4.69) is 38.1 Å². The highest BCUT2D eigenvalue weighted by Gasteiger charge is 2.13. The lowest BCUT2D eigenvalue weighted by Crippen LogP contribution is -2.03. The lowest BCUT2D eigenvalue weighted by atomic mass is 10.2. The van der Waals surface area contributed by atoms with Crippen LogP contribution >= 0.6 is 11.3 Å². The third-order valence-corrected chi connectivity index (χ3v) is 4.75. The topological polar surface area (TPSA) is 86.8 Å². The fourth-order valence-corrected chi connectivity index (χ4v) is 3.45. The number of nitrogen functional groups attached to an aromatic ring is 1. The molecule has 25 heavy (non-hydrogen) atoms. The molecule has 7 heteroatoms. The number of fused-ring (bicyclic) bond motifs is 1. The van der Waals surface area contributed by atoms with Gasteiger partial charge >= 0.3 is 0 Å². The molecule has 0 aliphatic carbocycles. The smallest absolute Gasteiger partial charge is 0.247 e. The average molecular weight is 349 g/mol. The molecule has 0 unspecified atom stereocenters. The van der Waals surface area contributed by atoms with E-state index in [9.17, 15) is 0 Å². The van der Waals surface area contributed by atoms with Crippen molar-refractivity contribution in [2.24, 2.45) is 0 Å². The maximum absolute atomic E-state index is 5.70. The Hall–Kier alpha value is -3.06. The van der Waals surface area contributed by atoms with E-state index in [0.29, 0.717) is 23.7 Å². The van der Waals surface area contributed by atoms with Gasteiger partial charge in [-0.2, -0.15) is 9.97 Å². The molecule has 0 radical (unpaired) electrons. The van der Waals surface area contributed by atoms with Crippen LogP contribution in [0.1, 0.15) is 6.92 Å². The average Bonchev–Trinajstić information content (AvgIpc) is 3.12. The SMILES string of the molecule is CCOc1nc(N)nc2ncc(-c3ccc(-c4ccccc4)s3)nc12. The molecule has 0 aliphatic rings. The van der Waals surface area contributed by atoms with E-state index >= 15 is 0 Å². The molecule has 6 nitrogen and oxygen atoms in total. The fourth-order valence-electron chi connectivity index (χ4n) is 2.49. The van der Waals surface area contributed by atoms with Gasteiger partial charge in [0.15, 0.2) is 11.2 Å². The number of hydrogen-bond acceptors (Lipinski definition) is 7. The van der Waals surface area contributed by atoms with E-state index in [1.165, 1.54) is 10.4 Å². The maximum atomic E-state index is 5.70. The van der Waals surface area contributed by atoms with Crippen molar-refractivity contribution in [1.82, 2.24) is 19.9 Å². The summed E-state index contributed by atoms with van der Waals surface area (Å²) in [5.41, 5.74) is 8.59. The molecule has 124 valence electrons. The van der Waals surface area contributed by atoms with Gasteiger partial charge in [-0.15, -0.1) is 11.3 Å². The third kappa shape index (κ3) is 3.01. The Kier molecular flexibility index (Phi) is 3.99. The van der Waals surface area contributed by atoms with E-state index in [-0.39, 0.29) is 5.95 Å². The number of anilines is 1. The van der Waals surface area contributed by atoms with Gasteiger partial charge in [-0.05, 0) is 24.6 Å². The second-order valence-corrected chi connectivity index (χ2v) is 6.36. The van der Waals surface area contributed by atoms with Gasteiger partial charge in [0.1, 0.15) is 0 Å². The quantitative estimate of drug-likeness (QED) is 0.603. The summed E-state index contributed by atoms with van der Waals surface area (Å²) in [4.78, 5) is 19.5. The molecular weight excluding hydrogens is 334 g/mol. The second-order valence-electron chi connectivity index (χ2n) is 5.28. The molecule has 4 rings (SSSR count). The van der Waals surface area contributed by atoms with Crippen LogP contribution in [0.5, 0.6) is 5.88 Å². The van der Waals surface area contributed by atoms with Crippen molar-refractivity contribution in [2.45, 2.75) is 6.92 Å². The van der Waals surface area contributed by atoms with Crippen molar-refractivity contribution in [3.63, 3.8) is 0 Å². The lowest BCUT2D eigenvalue weighted by molar-refractivity contribution is 0.330. The van der Waals surface area contributed by atoms with E-state index in [1.54, 1.807) is 17.5 Å². The number of rotatable bonds is 4. The van der Waals surface area contributed by atoms with Crippen LogP contribution < -0.4 is 10.5 Å². The predicted octanol–water partition coefficient (Wildman–Crippen LogP) is 3.80. The van der Waals surface area contributed by atoms with Crippen LogP contribution in [0, 0.1) is 0 Å². The van der Waals surface area contributed by atoms with Gasteiger partial charge in [0.05, 0.1) is 23.4 Å². The first-order chi connectivity index (χ1) is 12.2. The lowest BCUT2D eigenvalue weighted by Gasteiger charge is -2.06. The summed E-state index contributed by atoms with van der Waals surface area (Å²) in [5.74, 6) is 0.486. The molecular formula is C18H15N5OS. The van der Waals surface area contributed by atoms with Crippen molar-refractivity contribution in [1.29, 1.82) is 0 Å². The monoisotopic (exact) mass is 349 g/mol. The Morgan fingerprint density at radius 1 is 1.00 bits per heavy atom. The molecule has 0 saturated heterocycles. The van der Waals surface area contributed by atoms with Gasteiger partial charge in [-0.3, -0.25) is 0 Å². The molecule has 0 bridgehead atoms. The predicted molar refractivity (Wildman–Crippen MR) is 99.5 cm³/mol. The first-order valence-electron chi connectivity index (χ1n) is 7.83. The van der Waals surface area contributed by atoms with Gasteiger partial charge < -0.3 is 10.5 Å². The van der Waals surface area contributed by atoms with E-state index in [4.69, 9.17) is 10.5 Å². The van der Waals surface area contributed by atoms with E-state index in [1.807, 2.05) is 31.2 Å². The van der Waals surface area contributed by atoms with Crippen molar-refractivity contribution in [3.8, 4) is 26.9 Å². The molecule has 3 aromatic heterocycles. The summed E-state index contributed by atoms with van der Waals surface area (Å²) in [6.07, 6.45) is 1.70. The normalized spacial score (nSPS) is 10.9. The molecule has 0 spiro atoms. The largest absolute Gasteiger partial charge is 0.476 e. The highest BCUT2D eigenvalue weighted by Crippen LogP contribution is 2.34. The van der Waals surface area contributed by atoms with Crippen LogP contribution in [0.15, 0.2) is 48.7 Å². The number of nitrogens with two attached hydrogens (primary N) is 1. The summed E-state index contributed by atoms with van der Waals surface area (Å²) in [5, 5.41) is 0. The Labute approximate surface area is 148 Å². The van der Waals surface area contributed by atoms with Crippen molar-refractivity contribution < 1.29 is 4.74 Å². The highest BCUT2D eigenvalue weighted by molar-refractivity contribution is 7.18. The zero-order valence-electron chi connectivity index (χ0n) is 13.5. The molecule has 4 aromatic rings. The third-order valence-electron chi connectivity index (χ3n) is 3.59. The number of benzene rings is 1. The number of hydrogen-bond donors (Lipinski definition) is 1. The fraction of sp³-hybridized carbons (Fsp3) is 0.111. The number of aromatic nitrogens is 4. The van der Waals surface area contributed by atoms with Crippen LogP contribution in [0.3, 0.4) is 0 Å². The van der Waals surface area contributed by atoms with Gasteiger partial charge in [0.25, 0.3) is 0 Å². The molecule has 0 amide bonds. The van der Waals surface area contributed by atoms with E-state index < -0.39 is 0 Å². The van der Waals surface area contributed by atoms with Crippen molar-refractivity contribution >= 4 is 28.4 Å². The molecule has 0 atom stereocenters. The zero-order chi connectivity index (χ0) is 17.2. The van der Waals surface area contributed by atoms with Gasteiger partial charge in [-0.1, -0.05) is 30.3 Å². The second kappa shape index (κ2) is 6.45. The maximum Gasteiger partial charge on any atom is 0.247 e. The number of thiophene rings is 1. The minimum atomic E-state index is 0.125. The Morgan fingerprint density at radius 3 is 2.60 bits per heavy atom.